The molecule has 3 aromatic rings. The average Bonchev–Trinajstić information content (AvgIpc) is 3.22. The number of benzene rings is 1. The number of aryl methyl sites for hydroxylation is 1. The van der Waals surface area contributed by atoms with Gasteiger partial charge in [0, 0.05) is 40.6 Å². The molecule has 0 spiro atoms. The Bertz CT molecular complexity index is 1000. The van der Waals surface area contributed by atoms with Crippen LogP contribution in [0.25, 0.3) is 11.4 Å². The molecule has 7 heteroatoms. The molecular weight excluding hydrogens is 392 g/mol. The maximum atomic E-state index is 12.8. The number of thioether (sulfide) groups is 1. The third-order valence-electron chi connectivity index (χ3n) is 4.65. The zero-order chi connectivity index (χ0) is 20.3. The minimum atomic E-state index is 0.0899. The Kier molecular flexibility index (Phi) is 6.42. The van der Waals surface area contributed by atoms with Crippen molar-refractivity contribution in [3.8, 4) is 11.4 Å². The molecule has 0 fully saturated rings. The van der Waals surface area contributed by atoms with Crippen molar-refractivity contribution in [2.75, 3.05) is 5.75 Å². The molecule has 0 aliphatic carbocycles. The molecule has 0 aliphatic heterocycles. The van der Waals surface area contributed by atoms with Gasteiger partial charge in [0.25, 0.3) is 0 Å². The van der Waals surface area contributed by atoms with Crippen molar-refractivity contribution in [2.45, 2.75) is 39.0 Å². The Morgan fingerprint density at radius 2 is 1.93 bits per heavy atom. The van der Waals surface area contributed by atoms with Crippen molar-refractivity contribution in [2.24, 2.45) is 0 Å². The second kappa shape index (κ2) is 8.80. The molecule has 146 valence electrons. The van der Waals surface area contributed by atoms with E-state index < -0.39 is 0 Å². The van der Waals surface area contributed by atoms with Crippen LogP contribution in [0.2, 0.25) is 5.02 Å². The van der Waals surface area contributed by atoms with Gasteiger partial charge in [-0.3, -0.25) is 4.79 Å². The van der Waals surface area contributed by atoms with Gasteiger partial charge in [0.1, 0.15) is 0 Å². The highest BCUT2D eigenvalue weighted by atomic mass is 35.5. The van der Waals surface area contributed by atoms with Crippen LogP contribution in [-0.4, -0.2) is 30.9 Å². The van der Waals surface area contributed by atoms with Gasteiger partial charge in [-0.05, 0) is 51.1 Å². The lowest BCUT2D eigenvalue weighted by Crippen LogP contribution is -2.07. The van der Waals surface area contributed by atoms with E-state index in [4.69, 9.17) is 11.6 Å². The highest BCUT2D eigenvalue weighted by molar-refractivity contribution is 7.99. The van der Waals surface area contributed by atoms with Crippen LogP contribution in [-0.2, 0) is 13.1 Å². The van der Waals surface area contributed by atoms with Gasteiger partial charge in [0.05, 0.1) is 5.75 Å². The maximum Gasteiger partial charge on any atom is 0.191 e. The monoisotopic (exact) mass is 414 g/mol. The molecule has 1 aromatic carbocycles. The zero-order valence-corrected chi connectivity index (χ0v) is 17.8. The van der Waals surface area contributed by atoms with E-state index in [1.165, 1.54) is 11.8 Å². The fourth-order valence-electron chi connectivity index (χ4n) is 3.19. The van der Waals surface area contributed by atoms with Crippen molar-refractivity contribution in [1.29, 1.82) is 0 Å². The molecule has 2 aromatic heterocycles. The number of nitrogens with zero attached hydrogens (tertiary/aromatic N) is 4. The first-order chi connectivity index (χ1) is 13.5. The van der Waals surface area contributed by atoms with Crippen LogP contribution in [0, 0.1) is 13.8 Å². The number of carbonyl (C=O) groups excluding carboxylic acids is 1. The third kappa shape index (κ3) is 4.08. The van der Waals surface area contributed by atoms with Gasteiger partial charge >= 0.3 is 0 Å². The highest BCUT2D eigenvalue weighted by Crippen LogP contribution is 2.26. The summed E-state index contributed by atoms with van der Waals surface area (Å²) in [4.78, 5) is 12.8. The van der Waals surface area contributed by atoms with Gasteiger partial charge < -0.3 is 9.13 Å². The van der Waals surface area contributed by atoms with Crippen LogP contribution in [0.1, 0.15) is 28.7 Å². The van der Waals surface area contributed by atoms with Crippen molar-refractivity contribution in [3.05, 3.63) is 65.0 Å². The molecule has 0 N–H and O–H groups in total. The van der Waals surface area contributed by atoms with Crippen molar-refractivity contribution in [3.63, 3.8) is 0 Å². The van der Waals surface area contributed by atoms with Crippen molar-refractivity contribution in [1.82, 2.24) is 19.3 Å². The predicted octanol–water partition coefficient (Wildman–Crippen LogP) is 5.20. The molecule has 0 saturated heterocycles. The molecule has 5 nitrogen and oxygen atoms in total. The molecule has 0 atom stereocenters. The van der Waals surface area contributed by atoms with Crippen LogP contribution in [0.4, 0.5) is 0 Å². The number of carbonyl (C=O) groups is 1. The van der Waals surface area contributed by atoms with E-state index in [2.05, 4.69) is 21.3 Å². The summed E-state index contributed by atoms with van der Waals surface area (Å²) < 4.78 is 4.11. The summed E-state index contributed by atoms with van der Waals surface area (Å²) in [6.07, 6.45) is 1.84. The number of hydrogen-bond acceptors (Lipinski definition) is 4. The smallest absolute Gasteiger partial charge is 0.191 e. The number of halogens is 1. The molecule has 0 saturated carbocycles. The van der Waals surface area contributed by atoms with Gasteiger partial charge in [-0.25, -0.2) is 0 Å². The van der Waals surface area contributed by atoms with E-state index in [0.29, 0.717) is 17.3 Å². The van der Waals surface area contributed by atoms with Gasteiger partial charge in [-0.15, -0.1) is 16.8 Å². The average molecular weight is 415 g/mol. The van der Waals surface area contributed by atoms with Crippen LogP contribution in [0.5, 0.6) is 0 Å². The molecule has 2 heterocycles. The standard InChI is InChI=1S/C21H23ClN4OS/c1-5-11-26-14(3)12-18(15(26)4)19(27)13-28-21-24-23-20(25(21)6-2)16-7-9-17(22)10-8-16/h5,7-10,12H,1,6,11,13H2,2-4H3. The summed E-state index contributed by atoms with van der Waals surface area (Å²) in [7, 11) is 0. The molecular formula is C21H23ClN4OS. The molecule has 0 unspecified atom stereocenters. The predicted molar refractivity (Wildman–Crippen MR) is 115 cm³/mol. The minimum absolute atomic E-state index is 0.0899. The minimum Gasteiger partial charge on any atom is -0.345 e. The summed E-state index contributed by atoms with van der Waals surface area (Å²) in [5, 5.41) is 10.0. The zero-order valence-electron chi connectivity index (χ0n) is 16.3. The van der Waals surface area contributed by atoms with Gasteiger partial charge in [0.15, 0.2) is 16.8 Å². The summed E-state index contributed by atoms with van der Waals surface area (Å²) in [5.41, 5.74) is 3.74. The van der Waals surface area contributed by atoms with Gasteiger partial charge in [-0.1, -0.05) is 29.4 Å². The third-order valence-corrected chi connectivity index (χ3v) is 5.87. The van der Waals surface area contributed by atoms with Crippen LogP contribution < -0.4 is 0 Å². The molecule has 28 heavy (non-hydrogen) atoms. The largest absolute Gasteiger partial charge is 0.345 e. The SMILES string of the molecule is C=CCn1c(C)cc(C(=O)CSc2nnc(-c3ccc(Cl)cc3)n2CC)c1C. The van der Waals surface area contributed by atoms with Gasteiger partial charge in [-0.2, -0.15) is 0 Å². The number of hydrogen-bond donors (Lipinski definition) is 0. The molecule has 0 amide bonds. The Morgan fingerprint density at radius 1 is 1.21 bits per heavy atom. The number of allylic oxidation sites excluding steroid dienone is 1. The lowest BCUT2D eigenvalue weighted by atomic mass is 10.2. The Labute approximate surface area is 174 Å². The quantitative estimate of drug-likeness (QED) is 0.289. The highest BCUT2D eigenvalue weighted by Gasteiger charge is 2.18. The van der Waals surface area contributed by atoms with E-state index in [1.54, 1.807) is 0 Å². The van der Waals surface area contributed by atoms with Crippen molar-refractivity contribution < 1.29 is 4.79 Å². The number of aromatic nitrogens is 4. The summed E-state index contributed by atoms with van der Waals surface area (Å²) in [6, 6.07) is 9.46. The Hall–Kier alpha value is -2.31. The Morgan fingerprint density at radius 3 is 2.57 bits per heavy atom. The van der Waals surface area contributed by atoms with Crippen LogP contribution in [0.15, 0.2) is 48.1 Å². The fourth-order valence-corrected chi connectivity index (χ4v) is 4.21. The second-order valence-corrected chi connectivity index (χ2v) is 7.83. The van der Waals surface area contributed by atoms with Crippen LogP contribution >= 0.6 is 23.4 Å². The summed E-state index contributed by atoms with van der Waals surface area (Å²) >= 11 is 7.39. The lowest BCUT2D eigenvalue weighted by Gasteiger charge is -2.08. The topological polar surface area (TPSA) is 52.7 Å². The first-order valence-corrected chi connectivity index (χ1v) is 10.4. The number of Topliss-reactive ketones (excluding diaryl/α,β-unsaturated/α-hetero) is 1. The normalized spacial score (nSPS) is 11.0. The van der Waals surface area contributed by atoms with Crippen molar-refractivity contribution >= 4 is 29.1 Å². The van der Waals surface area contributed by atoms with E-state index in [0.717, 1.165) is 40.0 Å². The van der Waals surface area contributed by atoms with Crippen LogP contribution in [0.3, 0.4) is 0 Å². The number of rotatable bonds is 8. The van der Waals surface area contributed by atoms with E-state index in [-0.39, 0.29) is 5.78 Å². The molecule has 0 radical (unpaired) electrons. The molecule has 0 aliphatic rings. The molecule has 0 bridgehead atoms. The second-order valence-electron chi connectivity index (χ2n) is 6.45. The van der Waals surface area contributed by atoms with E-state index in [9.17, 15) is 4.79 Å². The van der Waals surface area contributed by atoms with Gasteiger partial charge in [0.2, 0.25) is 0 Å². The molecule has 3 rings (SSSR count). The number of ketones is 1. The maximum absolute atomic E-state index is 12.8. The fraction of sp³-hybridized carbons (Fsp3) is 0.286. The summed E-state index contributed by atoms with van der Waals surface area (Å²) in [5.74, 6) is 1.18. The van der Waals surface area contributed by atoms with E-state index >= 15 is 0 Å². The first kappa shape index (κ1) is 20.4. The van der Waals surface area contributed by atoms with E-state index in [1.807, 2.05) is 61.7 Å². The summed E-state index contributed by atoms with van der Waals surface area (Å²) in [6.45, 7) is 11.2. The lowest BCUT2D eigenvalue weighted by molar-refractivity contribution is 0.102. The first-order valence-electron chi connectivity index (χ1n) is 9.09. The Balaban J connectivity index is 1.78.